The minimum absolute atomic E-state index is 0.0847. The first kappa shape index (κ1) is 21.0. The Hall–Kier alpha value is -4.24. The number of hydrogen-bond acceptors (Lipinski definition) is 4. The van der Waals surface area contributed by atoms with Crippen molar-refractivity contribution in [2.45, 2.75) is 19.9 Å². The van der Waals surface area contributed by atoms with Crippen LogP contribution in [0.3, 0.4) is 0 Å². The van der Waals surface area contributed by atoms with Crippen molar-refractivity contribution in [3.05, 3.63) is 106 Å². The molecule has 1 unspecified atom stereocenters. The second-order valence-electron chi connectivity index (χ2n) is 7.65. The summed E-state index contributed by atoms with van der Waals surface area (Å²) in [5, 5.41) is 20.2. The molecule has 0 radical (unpaired) electrons. The molecule has 0 bridgehead atoms. The van der Waals surface area contributed by atoms with Crippen molar-refractivity contribution in [3.8, 4) is 6.07 Å². The maximum absolute atomic E-state index is 14.9. The minimum atomic E-state index is -1.16. The summed E-state index contributed by atoms with van der Waals surface area (Å²) in [5.41, 5.74) is 2.87. The number of nitriles is 1. The van der Waals surface area contributed by atoms with Crippen LogP contribution >= 0.6 is 0 Å². The van der Waals surface area contributed by atoms with Gasteiger partial charge in [0.1, 0.15) is 11.6 Å². The number of aryl methyl sites for hydroxylation is 2. The highest BCUT2D eigenvalue weighted by atomic mass is 19.1. The van der Waals surface area contributed by atoms with Gasteiger partial charge in [-0.05, 0) is 61.4 Å². The monoisotopic (exact) mass is 426 g/mol. The zero-order valence-electron chi connectivity index (χ0n) is 17.5. The summed E-state index contributed by atoms with van der Waals surface area (Å²) in [6, 6.07) is 17.9. The molecule has 0 aliphatic carbocycles. The molecular weight excluding hydrogens is 407 g/mol. The van der Waals surface area contributed by atoms with Crippen LogP contribution in [-0.2, 0) is 9.59 Å². The molecule has 3 aromatic rings. The highest BCUT2D eigenvalue weighted by Crippen LogP contribution is 2.43. The molecule has 1 saturated heterocycles. The highest BCUT2D eigenvalue weighted by Gasteiger charge is 2.47. The number of rotatable bonds is 3. The average Bonchev–Trinajstić information content (AvgIpc) is 3.06. The molecule has 4 rings (SSSR count). The number of ketones is 1. The number of carbonyl (C=O) groups excluding carboxylic acids is 2. The number of aliphatic hydroxyl groups excluding tert-OH is 1. The van der Waals surface area contributed by atoms with Gasteiger partial charge in [0.05, 0.1) is 23.2 Å². The van der Waals surface area contributed by atoms with Crippen molar-refractivity contribution in [3.63, 3.8) is 0 Å². The van der Waals surface area contributed by atoms with Crippen LogP contribution in [0, 0.1) is 31.0 Å². The fourth-order valence-electron chi connectivity index (χ4n) is 3.83. The molecule has 0 spiro atoms. The first-order valence-electron chi connectivity index (χ1n) is 9.96. The number of aliphatic hydroxyl groups is 1. The number of benzene rings is 3. The molecule has 1 atom stereocenters. The lowest BCUT2D eigenvalue weighted by Gasteiger charge is -2.25. The van der Waals surface area contributed by atoms with E-state index >= 15 is 0 Å². The lowest BCUT2D eigenvalue weighted by molar-refractivity contribution is -0.132. The molecule has 32 heavy (non-hydrogen) atoms. The maximum Gasteiger partial charge on any atom is 0.300 e. The SMILES string of the molecule is Cc1ccc(/C(O)=C2\C(=O)C(=O)N(c3ccc(C#N)cc3)C2c2ccccc2F)cc1C. The van der Waals surface area contributed by atoms with E-state index in [0.717, 1.165) is 16.0 Å². The first-order valence-corrected chi connectivity index (χ1v) is 9.96. The van der Waals surface area contributed by atoms with E-state index < -0.39 is 23.5 Å². The Kier molecular flexibility index (Phi) is 5.33. The van der Waals surface area contributed by atoms with E-state index in [9.17, 15) is 19.1 Å². The lowest BCUT2D eigenvalue weighted by Crippen LogP contribution is -2.29. The van der Waals surface area contributed by atoms with Crippen molar-refractivity contribution in [1.29, 1.82) is 5.26 Å². The molecule has 6 heteroatoms. The summed E-state index contributed by atoms with van der Waals surface area (Å²) in [5.74, 6) is -2.76. The van der Waals surface area contributed by atoms with Crippen LogP contribution < -0.4 is 4.90 Å². The number of carbonyl (C=O) groups is 2. The van der Waals surface area contributed by atoms with Crippen molar-refractivity contribution in [2.75, 3.05) is 4.90 Å². The zero-order chi connectivity index (χ0) is 23.0. The smallest absolute Gasteiger partial charge is 0.300 e. The average molecular weight is 426 g/mol. The van der Waals surface area contributed by atoms with Gasteiger partial charge in [-0.25, -0.2) is 4.39 Å². The largest absolute Gasteiger partial charge is 0.507 e. The van der Waals surface area contributed by atoms with Crippen molar-refractivity contribution >= 4 is 23.1 Å². The molecular formula is C26H19FN2O3. The van der Waals surface area contributed by atoms with Gasteiger partial charge >= 0.3 is 0 Å². The molecule has 0 aromatic heterocycles. The Morgan fingerprint density at radius 1 is 1.00 bits per heavy atom. The molecule has 1 N–H and O–H groups in total. The molecule has 1 heterocycles. The fraction of sp³-hybridized carbons (Fsp3) is 0.115. The first-order chi connectivity index (χ1) is 15.3. The standard InChI is InChI=1S/C26H19FN2O3/c1-15-7-10-18(13-16(15)2)24(30)22-23(20-5-3-4-6-21(20)27)29(26(32)25(22)31)19-11-8-17(14-28)9-12-19/h3-13,23,30H,1-2H3/b24-22+. The summed E-state index contributed by atoms with van der Waals surface area (Å²) in [6.45, 7) is 3.79. The predicted molar refractivity (Wildman–Crippen MR) is 118 cm³/mol. The number of amides is 1. The van der Waals surface area contributed by atoms with Crippen molar-refractivity contribution < 1.29 is 19.1 Å². The number of Topliss-reactive ketones (excluding diaryl/α,β-unsaturated/α-hetero) is 1. The Morgan fingerprint density at radius 3 is 2.31 bits per heavy atom. The Balaban J connectivity index is 1.97. The molecule has 1 aliphatic heterocycles. The third-order valence-electron chi connectivity index (χ3n) is 5.70. The van der Waals surface area contributed by atoms with Gasteiger partial charge < -0.3 is 5.11 Å². The van der Waals surface area contributed by atoms with Crippen molar-refractivity contribution in [1.82, 2.24) is 0 Å². The number of anilines is 1. The Morgan fingerprint density at radius 2 is 1.69 bits per heavy atom. The van der Waals surface area contributed by atoms with E-state index in [2.05, 4.69) is 0 Å². The molecule has 3 aromatic carbocycles. The number of halogens is 1. The van der Waals surface area contributed by atoms with Gasteiger partial charge in [0.15, 0.2) is 0 Å². The van der Waals surface area contributed by atoms with E-state index in [4.69, 9.17) is 5.26 Å². The predicted octanol–water partition coefficient (Wildman–Crippen LogP) is 4.94. The number of nitrogens with zero attached hydrogens (tertiary/aromatic N) is 2. The lowest BCUT2D eigenvalue weighted by atomic mass is 9.94. The maximum atomic E-state index is 14.9. The molecule has 5 nitrogen and oxygen atoms in total. The van der Waals surface area contributed by atoms with Crippen LogP contribution in [0.15, 0.2) is 72.3 Å². The van der Waals surface area contributed by atoms with Crippen LogP contribution in [0.2, 0.25) is 0 Å². The quantitative estimate of drug-likeness (QED) is 0.365. The molecule has 0 saturated carbocycles. The third kappa shape index (κ3) is 3.44. The molecule has 1 aliphatic rings. The normalized spacial score (nSPS) is 17.4. The zero-order valence-corrected chi connectivity index (χ0v) is 17.5. The third-order valence-corrected chi connectivity index (χ3v) is 5.70. The van der Waals surface area contributed by atoms with Gasteiger partial charge in [-0.3, -0.25) is 14.5 Å². The molecule has 158 valence electrons. The van der Waals surface area contributed by atoms with E-state index in [0.29, 0.717) is 16.8 Å². The van der Waals surface area contributed by atoms with Gasteiger partial charge in [0.2, 0.25) is 0 Å². The van der Waals surface area contributed by atoms with E-state index in [1.54, 1.807) is 24.3 Å². The topological polar surface area (TPSA) is 81.4 Å². The Bertz CT molecular complexity index is 1320. The van der Waals surface area contributed by atoms with Gasteiger partial charge in [-0.1, -0.05) is 30.3 Å². The van der Waals surface area contributed by atoms with E-state index in [-0.39, 0.29) is 16.9 Å². The molecule has 1 amide bonds. The van der Waals surface area contributed by atoms with Gasteiger partial charge in [0, 0.05) is 16.8 Å². The van der Waals surface area contributed by atoms with Crippen LogP contribution in [0.1, 0.15) is 33.9 Å². The van der Waals surface area contributed by atoms with Crippen molar-refractivity contribution in [2.24, 2.45) is 0 Å². The van der Waals surface area contributed by atoms with E-state index in [1.165, 1.54) is 42.5 Å². The fourth-order valence-corrected chi connectivity index (χ4v) is 3.83. The minimum Gasteiger partial charge on any atom is -0.507 e. The van der Waals surface area contributed by atoms with Gasteiger partial charge in [-0.15, -0.1) is 0 Å². The second-order valence-corrected chi connectivity index (χ2v) is 7.65. The van der Waals surface area contributed by atoms with Crippen LogP contribution in [0.25, 0.3) is 5.76 Å². The summed E-state index contributed by atoms with van der Waals surface area (Å²) in [7, 11) is 0. The summed E-state index contributed by atoms with van der Waals surface area (Å²) < 4.78 is 14.9. The van der Waals surface area contributed by atoms with Crippen LogP contribution in [0.5, 0.6) is 0 Å². The number of hydrogen-bond donors (Lipinski definition) is 1. The van der Waals surface area contributed by atoms with Crippen LogP contribution in [0.4, 0.5) is 10.1 Å². The van der Waals surface area contributed by atoms with E-state index in [1.807, 2.05) is 19.9 Å². The molecule has 1 fully saturated rings. The van der Waals surface area contributed by atoms with Gasteiger partial charge in [0.25, 0.3) is 11.7 Å². The summed E-state index contributed by atoms with van der Waals surface area (Å²) in [6.07, 6.45) is 0. The summed E-state index contributed by atoms with van der Waals surface area (Å²) >= 11 is 0. The van der Waals surface area contributed by atoms with Gasteiger partial charge in [-0.2, -0.15) is 5.26 Å². The van der Waals surface area contributed by atoms with Crippen LogP contribution in [-0.4, -0.2) is 16.8 Å². The Labute approximate surface area is 184 Å². The second kappa shape index (κ2) is 8.12. The highest BCUT2D eigenvalue weighted by molar-refractivity contribution is 6.51. The summed E-state index contributed by atoms with van der Waals surface area (Å²) in [4.78, 5) is 27.3.